The van der Waals surface area contributed by atoms with Gasteiger partial charge >= 0.3 is 0 Å². The lowest BCUT2D eigenvalue weighted by atomic mass is 9.72. The van der Waals surface area contributed by atoms with Gasteiger partial charge in [-0.05, 0) is 66.8 Å². The molecule has 0 saturated heterocycles. The van der Waals surface area contributed by atoms with E-state index in [1.165, 1.54) is 10.4 Å². The molecular formula is C23H31NO2S. The molecule has 0 fully saturated rings. The summed E-state index contributed by atoms with van der Waals surface area (Å²) in [6.45, 7) is 9.84. The first-order valence-electron chi connectivity index (χ1n) is 10.0. The van der Waals surface area contributed by atoms with Crippen LogP contribution in [0.1, 0.15) is 67.8 Å². The van der Waals surface area contributed by atoms with E-state index in [4.69, 9.17) is 4.74 Å². The second kappa shape index (κ2) is 8.47. The van der Waals surface area contributed by atoms with Crippen molar-refractivity contribution in [3.8, 4) is 5.75 Å². The van der Waals surface area contributed by atoms with Crippen LogP contribution in [-0.4, -0.2) is 12.5 Å². The summed E-state index contributed by atoms with van der Waals surface area (Å²) in [7, 11) is 0. The van der Waals surface area contributed by atoms with Gasteiger partial charge in [0, 0.05) is 15.9 Å². The van der Waals surface area contributed by atoms with Crippen molar-refractivity contribution in [1.29, 1.82) is 0 Å². The third-order valence-electron chi connectivity index (χ3n) is 5.50. The van der Waals surface area contributed by atoms with Crippen LogP contribution in [0.25, 0.3) is 0 Å². The van der Waals surface area contributed by atoms with E-state index >= 15 is 0 Å². The fraction of sp³-hybridized carbons (Fsp3) is 0.522. The Morgan fingerprint density at radius 2 is 2.00 bits per heavy atom. The van der Waals surface area contributed by atoms with E-state index in [-0.39, 0.29) is 5.91 Å². The Bertz CT molecular complexity index is 771. The minimum absolute atomic E-state index is 0.00126. The maximum Gasteiger partial charge on any atom is 0.256 e. The fourth-order valence-electron chi connectivity index (χ4n) is 3.61. The molecule has 3 nitrogen and oxygen atoms in total. The summed E-state index contributed by atoms with van der Waals surface area (Å²) >= 11 is 1.74. The molecule has 1 atom stereocenters. The van der Waals surface area contributed by atoms with E-state index in [1.807, 2.05) is 29.6 Å². The predicted octanol–water partition coefficient (Wildman–Crippen LogP) is 6.33. The predicted molar refractivity (Wildman–Crippen MR) is 114 cm³/mol. The van der Waals surface area contributed by atoms with Gasteiger partial charge in [0.1, 0.15) is 5.75 Å². The third kappa shape index (κ3) is 4.92. The maximum atomic E-state index is 12.8. The van der Waals surface area contributed by atoms with Crippen molar-refractivity contribution in [1.82, 2.24) is 0 Å². The second-order valence-corrected chi connectivity index (χ2v) is 9.50. The number of hydrogen-bond donors (Lipinski definition) is 1. The minimum atomic E-state index is 0.00126. The lowest BCUT2D eigenvalue weighted by Gasteiger charge is -2.34. The number of benzene rings is 1. The van der Waals surface area contributed by atoms with E-state index in [2.05, 4.69) is 33.0 Å². The molecule has 27 heavy (non-hydrogen) atoms. The van der Waals surface area contributed by atoms with Gasteiger partial charge in [-0.2, -0.15) is 0 Å². The van der Waals surface area contributed by atoms with Crippen LogP contribution in [0, 0.1) is 11.3 Å². The number of carbonyl (C=O) groups excluding carboxylic acids is 1. The number of ether oxygens (including phenoxy) is 1. The molecule has 3 rings (SSSR count). The Morgan fingerprint density at radius 3 is 2.67 bits per heavy atom. The highest BCUT2D eigenvalue weighted by atomic mass is 32.1. The molecule has 1 unspecified atom stereocenters. The molecule has 1 amide bonds. The number of unbranched alkanes of at least 4 members (excludes halogenated alkanes) is 1. The topological polar surface area (TPSA) is 38.3 Å². The summed E-state index contributed by atoms with van der Waals surface area (Å²) in [6, 6.07) is 7.66. The molecule has 1 aliphatic rings. The van der Waals surface area contributed by atoms with Crippen LogP contribution in [0.15, 0.2) is 29.6 Å². The van der Waals surface area contributed by atoms with Crippen molar-refractivity contribution in [3.05, 3.63) is 45.6 Å². The summed E-state index contributed by atoms with van der Waals surface area (Å²) in [5.41, 5.74) is 3.25. The van der Waals surface area contributed by atoms with Gasteiger partial charge < -0.3 is 10.1 Å². The number of amides is 1. The molecule has 4 heteroatoms. The molecule has 0 radical (unpaired) electrons. The van der Waals surface area contributed by atoms with Crippen molar-refractivity contribution < 1.29 is 9.53 Å². The molecule has 0 bridgehead atoms. The summed E-state index contributed by atoms with van der Waals surface area (Å²) < 4.78 is 5.68. The zero-order chi connectivity index (χ0) is 19.4. The van der Waals surface area contributed by atoms with E-state index in [0.29, 0.717) is 11.3 Å². The number of anilines is 1. The number of rotatable bonds is 6. The van der Waals surface area contributed by atoms with Crippen molar-refractivity contribution in [2.24, 2.45) is 11.3 Å². The molecule has 146 valence electrons. The molecule has 2 aromatic rings. The lowest BCUT2D eigenvalue weighted by molar-refractivity contribution is 0.102. The second-order valence-electron chi connectivity index (χ2n) is 8.54. The van der Waals surface area contributed by atoms with Gasteiger partial charge in [-0.3, -0.25) is 4.79 Å². The SMILES string of the molecule is CCCCOc1ccc(NC(=O)c2csc3c2CCC(C(C)(C)C)C3)cc1. The molecule has 0 aliphatic heterocycles. The first kappa shape index (κ1) is 19.9. The van der Waals surface area contributed by atoms with Crippen LogP contribution in [-0.2, 0) is 12.8 Å². The Kier molecular flexibility index (Phi) is 6.25. The quantitative estimate of drug-likeness (QED) is 0.590. The van der Waals surface area contributed by atoms with Crippen molar-refractivity contribution >= 4 is 22.9 Å². The van der Waals surface area contributed by atoms with Gasteiger partial charge in [0.2, 0.25) is 0 Å². The highest BCUT2D eigenvalue weighted by Crippen LogP contribution is 2.40. The number of thiophene rings is 1. The number of nitrogens with one attached hydrogen (secondary N) is 1. The standard InChI is InChI=1S/C23H31NO2S/c1-5-6-13-26-18-10-8-17(9-11-18)24-22(25)20-15-27-21-14-16(23(2,3)4)7-12-19(20)21/h8-11,15-16H,5-7,12-14H2,1-4H3,(H,24,25). The van der Waals surface area contributed by atoms with Gasteiger partial charge in [0.15, 0.2) is 0 Å². The summed E-state index contributed by atoms with van der Waals surface area (Å²) in [4.78, 5) is 14.2. The van der Waals surface area contributed by atoms with Crippen LogP contribution in [0.3, 0.4) is 0 Å². The van der Waals surface area contributed by atoms with Gasteiger partial charge in [-0.25, -0.2) is 0 Å². The van der Waals surface area contributed by atoms with Gasteiger partial charge in [-0.15, -0.1) is 11.3 Å². The number of fused-ring (bicyclic) bond motifs is 1. The van der Waals surface area contributed by atoms with Gasteiger partial charge in [0.05, 0.1) is 12.2 Å². The minimum Gasteiger partial charge on any atom is -0.494 e. The molecule has 1 aromatic heterocycles. The van der Waals surface area contributed by atoms with E-state index in [1.54, 1.807) is 11.3 Å². The highest BCUT2D eigenvalue weighted by Gasteiger charge is 2.31. The molecule has 1 aliphatic carbocycles. The summed E-state index contributed by atoms with van der Waals surface area (Å²) in [5, 5.41) is 5.08. The first-order chi connectivity index (χ1) is 12.9. The molecule has 1 heterocycles. The zero-order valence-electron chi connectivity index (χ0n) is 16.9. The average Bonchev–Trinajstić information content (AvgIpc) is 3.06. The smallest absolute Gasteiger partial charge is 0.256 e. The Hall–Kier alpha value is -1.81. The normalized spacial score (nSPS) is 16.7. The Morgan fingerprint density at radius 1 is 1.26 bits per heavy atom. The van der Waals surface area contributed by atoms with E-state index in [9.17, 15) is 4.79 Å². The Balaban J connectivity index is 1.63. The number of hydrogen-bond acceptors (Lipinski definition) is 3. The molecule has 0 saturated carbocycles. The number of carbonyl (C=O) groups is 1. The molecule has 1 aromatic carbocycles. The monoisotopic (exact) mass is 385 g/mol. The molecule has 0 spiro atoms. The van der Waals surface area contributed by atoms with Crippen LogP contribution >= 0.6 is 11.3 Å². The van der Waals surface area contributed by atoms with Gasteiger partial charge in [0.25, 0.3) is 5.91 Å². The fourth-order valence-corrected chi connectivity index (χ4v) is 4.77. The van der Waals surface area contributed by atoms with Crippen LogP contribution in [0.4, 0.5) is 5.69 Å². The largest absolute Gasteiger partial charge is 0.494 e. The summed E-state index contributed by atoms with van der Waals surface area (Å²) in [6.07, 6.45) is 5.44. The van der Waals surface area contributed by atoms with Crippen molar-refractivity contribution in [2.45, 2.75) is 59.8 Å². The molecule has 1 N–H and O–H groups in total. The lowest BCUT2D eigenvalue weighted by Crippen LogP contribution is -2.27. The van der Waals surface area contributed by atoms with E-state index < -0.39 is 0 Å². The first-order valence-corrected chi connectivity index (χ1v) is 10.9. The van der Waals surface area contributed by atoms with E-state index in [0.717, 1.165) is 55.7 Å². The van der Waals surface area contributed by atoms with Gasteiger partial charge in [-0.1, -0.05) is 34.1 Å². The molecular weight excluding hydrogens is 354 g/mol. The van der Waals surface area contributed by atoms with Crippen molar-refractivity contribution in [3.63, 3.8) is 0 Å². The van der Waals surface area contributed by atoms with Crippen LogP contribution in [0.5, 0.6) is 5.75 Å². The highest BCUT2D eigenvalue weighted by molar-refractivity contribution is 7.10. The zero-order valence-corrected chi connectivity index (χ0v) is 17.7. The van der Waals surface area contributed by atoms with Crippen LogP contribution in [0.2, 0.25) is 0 Å². The summed E-state index contributed by atoms with van der Waals surface area (Å²) in [5.74, 6) is 1.55. The third-order valence-corrected chi connectivity index (χ3v) is 6.55. The van der Waals surface area contributed by atoms with Crippen LogP contribution < -0.4 is 10.1 Å². The average molecular weight is 386 g/mol. The maximum absolute atomic E-state index is 12.8. The Labute approximate surface area is 167 Å². The van der Waals surface area contributed by atoms with Crippen molar-refractivity contribution in [2.75, 3.05) is 11.9 Å².